The van der Waals surface area contributed by atoms with Gasteiger partial charge in [0.05, 0.1) is 30.0 Å². The summed E-state index contributed by atoms with van der Waals surface area (Å²) in [5.41, 5.74) is 19.3. The van der Waals surface area contributed by atoms with Crippen LogP contribution in [0.2, 0.25) is 0 Å². The molecule has 8 aromatic rings. The van der Waals surface area contributed by atoms with E-state index in [1.54, 1.807) is 0 Å². The maximum Gasteiger partial charge on any atom is 0.306 e. The molecule has 3 heterocycles. The fourth-order valence-corrected chi connectivity index (χ4v) is 9.22. The molecule has 0 saturated carbocycles. The number of hydrogen-bond donors (Lipinski definition) is 2. The lowest BCUT2D eigenvalue weighted by Crippen LogP contribution is -2.23. The van der Waals surface area contributed by atoms with Crippen LogP contribution in [-0.4, -0.2) is 57.9 Å². The maximum atomic E-state index is 12.0. The number of rotatable bonds is 17. The number of H-pyrrole nitrogens is 1. The number of esters is 1. The van der Waals surface area contributed by atoms with E-state index in [2.05, 4.69) is 145 Å². The van der Waals surface area contributed by atoms with Gasteiger partial charge in [0.1, 0.15) is 23.7 Å². The summed E-state index contributed by atoms with van der Waals surface area (Å²) in [6.07, 6.45) is 9.85. The summed E-state index contributed by atoms with van der Waals surface area (Å²) in [7, 11) is 0. The smallest absolute Gasteiger partial charge is 0.306 e. The summed E-state index contributed by atoms with van der Waals surface area (Å²) in [5, 5.41) is 14.1. The van der Waals surface area contributed by atoms with E-state index >= 15 is 0 Å². The van der Waals surface area contributed by atoms with Crippen molar-refractivity contribution in [1.29, 1.82) is 0 Å². The number of benzene rings is 6. The Bertz CT molecular complexity index is 3030. The zero-order valence-corrected chi connectivity index (χ0v) is 41.8. The van der Waals surface area contributed by atoms with Gasteiger partial charge in [-0.2, -0.15) is 10.2 Å². The number of aromatic amines is 1. The van der Waals surface area contributed by atoms with E-state index < -0.39 is 5.60 Å². The van der Waals surface area contributed by atoms with Crippen molar-refractivity contribution in [3.8, 4) is 11.5 Å². The molecule has 10 heteroatoms. The lowest BCUT2D eigenvalue weighted by atomic mass is 9.88. The van der Waals surface area contributed by atoms with Gasteiger partial charge in [-0.15, -0.1) is 0 Å². The Kier molecular flexibility index (Phi) is 17.0. The number of aromatic nitrogens is 4. The molecular formula is C61H67N5O5. The highest BCUT2D eigenvalue weighted by atomic mass is 16.6. The summed E-state index contributed by atoms with van der Waals surface area (Å²) in [4.78, 5) is 12.0. The number of nitrogens with one attached hydrogen (secondary N) is 1. The molecule has 1 aliphatic heterocycles. The minimum absolute atomic E-state index is 0.00399. The van der Waals surface area contributed by atoms with Gasteiger partial charge >= 0.3 is 5.97 Å². The molecule has 1 unspecified atom stereocenters. The van der Waals surface area contributed by atoms with Crippen molar-refractivity contribution < 1.29 is 23.7 Å². The molecule has 1 atom stereocenters. The summed E-state index contributed by atoms with van der Waals surface area (Å²) >= 11 is 0. The first-order chi connectivity index (χ1) is 34.6. The van der Waals surface area contributed by atoms with E-state index in [9.17, 15) is 4.79 Å². The highest BCUT2D eigenvalue weighted by Crippen LogP contribution is 2.38. The second kappa shape index (κ2) is 24.0. The Morgan fingerprint density at radius 1 is 0.676 bits per heavy atom. The number of carbonyl (C=O) groups is 1. The van der Waals surface area contributed by atoms with Gasteiger partial charge in [-0.05, 0) is 164 Å². The van der Waals surface area contributed by atoms with Gasteiger partial charge in [0.25, 0.3) is 0 Å². The SMILES string of the molecule is CCC(=C(c1ccc(OCCCC(=O)OC(C)(C)C)cc1)c1ccc2c(cnn2C2CCCCO2)c1)c1ccccc1.CCC(=C(c1ccc(OCCN)cc1)c1ccc2[nH]ncc2c1)c1ccccc1. The minimum atomic E-state index is -0.467. The molecule has 9 rings (SSSR count). The molecule has 0 radical (unpaired) electrons. The van der Waals surface area contributed by atoms with Crippen LogP contribution in [0.1, 0.15) is 119 Å². The van der Waals surface area contributed by atoms with Gasteiger partial charge in [-0.1, -0.05) is 111 Å². The molecule has 0 aliphatic carbocycles. The molecule has 1 aliphatic rings. The monoisotopic (exact) mass is 950 g/mol. The molecule has 3 N–H and O–H groups in total. The molecule has 10 nitrogen and oxygen atoms in total. The predicted molar refractivity (Wildman–Crippen MR) is 288 cm³/mol. The van der Waals surface area contributed by atoms with Gasteiger partial charge in [0.15, 0.2) is 6.23 Å². The summed E-state index contributed by atoms with van der Waals surface area (Å²) < 4.78 is 25.1. The lowest BCUT2D eigenvalue weighted by molar-refractivity contribution is -0.155. The van der Waals surface area contributed by atoms with E-state index in [0.29, 0.717) is 32.6 Å². The molecule has 1 saturated heterocycles. The predicted octanol–water partition coefficient (Wildman–Crippen LogP) is 13.9. The zero-order valence-electron chi connectivity index (χ0n) is 41.8. The first kappa shape index (κ1) is 50.1. The van der Waals surface area contributed by atoms with E-state index in [4.69, 9.17) is 29.8 Å². The number of nitrogens with zero attached hydrogens (tertiary/aromatic N) is 3. The van der Waals surface area contributed by atoms with Crippen molar-refractivity contribution in [3.63, 3.8) is 0 Å². The zero-order chi connectivity index (χ0) is 49.6. The third-order valence-electron chi connectivity index (χ3n) is 12.5. The summed E-state index contributed by atoms with van der Waals surface area (Å²) in [6.45, 7) is 12.3. The van der Waals surface area contributed by atoms with Crippen LogP contribution in [0.5, 0.6) is 11.5 Å². The van der Waals surface area contributed by atoms with Crippen molar-refractivity contribution >= 4 is 50.1 Å². The number of nitrogens with two attached hydrogens (primary N) is 1. The van der Waals surface area contributed by atoms with E-state index in [0.717, 1.165) is 88.7 Å². The largest absolute Gasteiger partial charge is 0.494 e. The molecule has 2 aromatic heterocycles. The van der Waals surface area contributed by atoms with Gasteiger partial charge in [0.2, 0.25) is 0 Å². The van der Waals surface area contributed by atoms with Crippen LogP contribution in [0.15, 0.2) is 158 Å². The van der Waals surface area contributed by atoms with Crippen molar-refractivity contribution in [2.45, 2.75) is 91.4 Å². The highest BCUT2D eigenvalue weighted by molar-refractivity contribution is 6.01. The summed E-state index contributed by atoms with van der Waals surface area (Å²) in [5.74, 6) is 1.42. The summed E-state index contributed by atoms with van der Waals surface area (Å²) in [6, 6.07) is 50.8. The van der Waals surface area contributed by atoms with E-state index in [1.807, 2.05) is 62.1 Å². The van der Waals surface area contributed by atoms with Crippen LogP contribution in [0.4, 0.5) is 0 Å². The van der Waals surface area contributed by atoms with Crippen molar-refractivity contribution in [1.82, 2.24) is 20.0 Å². The normalized spacial score (nSPS) is 14.5. The second-order valence-corrected chi connectivity index (χ2v) is 18.7. The Hall–Kier alpha value is -7.27. The van der Waals surface area contributed by atoms with Crippen molar-refractivity contribution in [2.24, 2.45) is 5.73 Å². The fraction of sp³-hybridized carbons (Fsp3) is 0.295. The molecule has 6 aromatic carbocycles. The van der Waals surface area contributed by atoms with Crippen LogP contribution in [0.3, 0.4) is 0 Å². The third-order valence-corrected chi connectivity index (χ3v) is 12.5. The Morgan fingerprint density at radius 3 is 1.79 bits per heavy atom. The van der Waals surface area contributed by atoms with Gasteiger partial charge in [-0.25, -0.2) is 4.68 Å². The van der Waals surface area contributed by atoms with Crippen LogP contribution < -0.4 is 15.2 Å². The van der Waals surface area contributed by atoms with E-state index in [1.165, 1.54) is 39.0 Å². The molecule has 1 fully saturated rings. The second-order valence-electron chi connectivity index (χ2n) is 18.7. The topological polar surface area (TPSA) is 127 Å². The average Bonchev–Trinajstić information content (AvgIpc) is 4.06. The average molecular weight is 950 g/mol. The third kappa shape index (κ3) is 12.9. The van der Waals surface area contributed by atoms with Crippen LogP contribution in [-0.2, 0) is 14.3 Å². The molecule has 0 spiro atoms. The number of allylic oxidation sites excluding steroid dienone is 2. The quantitative estimate of drug-likeness (QED) is 0.0525. The first-order valence-corrected chi connectivity index (χ1v) is 25.1. The standard InChI is InChI=1S/C36H42N2O4.C25H25N3O/c1-5-31(26-12-7-6-8-13-26)35(27-16-19-30(20-17-27)40-23-11-15-34(39)42-36(2,3)4)28-18-21-32-29(24-28)25-37-38(32)33-14-9-10-22-41-33;1-2-23(18-6-4-3-5-7-18)25(19-8-11-22(12-9-19)29-15-14-26)20-10-13-24-21(16-20)17-27-28-24/h6-8,12-13,16-21,24-25,33H,5,9-11,14-15,22-23H2,1-4H3;3-13,16-17H,2,14-15,26H2,1H3,(H,27,28). The molecule has 0 amide bonds. The molecule has 71 heavy (non-hydrogen) atoms. The van der Waals surface area contributed by atoms with Gasteiger partial charge in [0, 0.05) is 30.3 Å². The van der Waals surface area contributed by atoms with Crippen LogP contribution in [0.25, 0.3) is 44.1 Å². The Balaban J connectivity index is 0.000000204. The fourth-order valence-electron chi connectivity index (χ4n) is 9.22. The van der Waals surface area contributed by atoms with Crippen molar-refractivity contribution in [3.05, 3.63) is 191 Å². The van der Waals surface area contributed by atoms with E-state index in [-0.39, 0.29) is 12.2 Å². The molecule has 366 valence electrons. The van der Waals surface area contributed by atoms with Crippen LogP contribution >= 0.6 is 0 Å². The minimum Gasteiger partial charge on any atom is -0.494 e. The number of fused-ring (bicyclic) bond motifs is 2. The number of carbonyl (C=O) groups excluding carboxylic acids is 1. The Morgan fingerprint density at radius 2 is 1.24 bits per heavy atom. The first-order valence-electron chi connectivity index (χ1n) is 25.1. The number of ether oxygens (including phenoxy) is 4. The van der Waals surface area contributed by atoms with Crippen molar-refractivity contribution in [2.75, 3.05) is 26.4 Å². The maximum absolute atomic E-state index is 12.0. The van der Waals surface area contributed by atoms with Gasteiger partial charge < -0.3 is 24.7 Å². The molecular weight excluding hydrogens is 883 g/mol. The highest BCUT2D eigenvalue weighted by Gasteiger charge is 2.21. The van der Waals surface area contributed by atoms with Crippen LogP contribution in [0, 0.1) is 0 Å². The lowest BCUT2D eigenvalue weighted by Gasteiger charge is -2.23. The Labute approximate surface area is 418 Å². The molecule has 0 bridgehead atoms. The number of hydrogen-bond acceptors (Lipinski definition) is 8. The van der Waals surface area contributed by atoms with Gasteiger partial charge in [-0.3, -0.25) is 9.89 Å².